The minimum atomic E-state index is -0.786. The summed E-state index contributed by atoms with van der Waals surface area (Å²) in [7, 11) is 1.31. The zero-order valence-electron chi connectivity index (χ0n) is 7.65. The molecule has 0 fully saturated rings. The van der Waals surface area contributed by atoms with Gasteiger partial charge in [0.2, 0.25) is 0 Å². The van der Waals surface area contributed by atoms with Crippen molar-refractivity contribution in [2.75, 3.05) is 7.11 Å². The third-order valence-corrected chi connectivity index (χ3v) is 1.80. The van der Waals surface area contributed by atoms with Gasteiger partial charge in [-0.05, 0) is 18.6 Å². The quantitative estimate of drug-likeness (QED) is 0.675. The van der Waals surface area contributed by atoms with Crippen LogP contribution < -0.4 is 5.73 Å². The van der Waals surface area contributed by atoms with Crippen molar-refractivity contribution in [3.8, 4) is 0 Å². The Bertz CT molecular complexity index is 312. The smallest absolute Gasteiger partial charge is 0.328 e. The lowest BCUT2D eigenvalue weighted by Gasteiger charge is -2.10. The number of carbonyl (C=O) groups is 1. The third-order valence-electron chi connectivity index (χ3n) is 1.80. The van der Waals surface area contributed by atoms with Crippen molar-refractivity contribution in [2.45, 2.75) is 13.0 Å². The molecule has 0 aliphatic carbocycles. The van der Waals surface area contributed by atoms with Gasteiger partial charge < -0.3 is 10.5 Å². The molecule has 1 rings (SSSR count). The van der Waals surface area contributed by atoms with Gasteiger partial charge in [-0.3, -0.25) is 4.98 Å². The van der Waals surface area contributed by atoms with Crippen LogP contribution in [0.3, 0.4) is 0 Å². The minimum absolute atomic E-state index is 0.471. The summed E-state index contributed by atoms with van der Waals surface area (Å²) >= 11 is 0. The van der Waals surface area contributed by atoms with Crippen molar-refractivity contribution >= 4 is 5.97 Å². The molecule has 0 saturated carbocycles. The van der Waals surface area contributed by atoms with Crippen LogP contribution in [-0.4, -0.2) is 18.1 Å². The Kier molecular flexibility index (Phi) is 2.97. The second kappa shape index (κ2) is 4.00. The number of carbonyl (C=O) groups excluding carboxylic acids is 1. The molecule has 0 bridgehead atoms. The second-order valence-corrected chi connectivity index (χ2v) is 2.71. The largest absolute Gasteiger partial charge is 0.468 e. The molecule has 4 heteroatoms. The molecule has 1 unspecified atom stereocenters. The molecule has 70 valence electrons. The number of nitrogens with two attached hydrogens (primary N) is 1. The van der Waals surface area contributed by atoms with Crippen molar-refractivity contribution < 1.29 is 9.53 Å². The zero-order valence-corrected chi connectivity index (χ0v) is 7.65. The van der Waals surface area contributed by atoms with Gasteiger partial charge in [-0.2, -0.15) is 0 Å². The van der Waals surface area contributed by atoms with Gasteiger partial charge in [0.05, 0.1) is 12.8 Å². The first kappa shape index (κ1) is 9.67. The Morgan fingerprint density at radius 1 is 1.69 bits per heavy atom. The fraction of sp³-hybridized carbons (Fsp3) is 0.333. The summed E-state index contributed by atoms with van der Waals surface area (Å²) in [6.45, 7) is 1.85. The third kappa shape index (κ3) is 2.03. The monoisotopic (exact) mass is 180 g/mol. The molecule has 4 nitrogen and oxygen atoms in total. The molecule has 0 aromatic carbocycles. The van der Waals surface area contributed by atoms with Gasteiger partial charge in [0.25, 0.3) is 0 Å². The molecule has 1 atom stereocenters. The predicted octanol–water partition coefficient (Wildman–Crippen LogP) is 0.563. The molecule has 1 aromatic heterocycles. The summed E-state index contributed by atoms with van der Waals surface area (Å²) in [6, 6.07) is 2.86. The van der Waals surface area contributed by atoms with E-state index in [1.807, 2.05) is 13.0 Å². The maximum absolute atomic E-state index is 11.1. The topological polar surface area (TPSA) is 65.2 Å². The van der Waals surface area contributed by atoms with Crippen LogP contribution in [0.5, 0.6) is 0 Å². The van der Waals surface area contributed by atoms with Crippen molar-refractivity contribution in [3.05, 3.63) is 29.6 Å². The molecule has 0 aliphatic rings. The van der Waals surface area contributed by atoms with Crippen molar-refractivity contribution in [1.29, 1.82) is 0 Å². The van der Waals surface area contributed by atoms with Crippen LogP contribution in [0.1, 0.15) is 17.3 Å². The molecule has 0 radical (unpaired) electrons. The number of hydrogen-bond donors (Lipinski definition) is 1. The molecule has 2 N–H and O–H groups in total. The number of nitrogens with zero attached hydrogens (tertiary/aromatic N) is 1. The number of aryl methyl sites for hydroxylation is 1. The fourth-order valence-electron chi connectivity index (χ4n) is 1.06. The highest BCUT2D eigenvalue weighted by molar-refractivity contribution is 5.76. The number of hydrogen-bond acceptors (Lipinski definition) is 4. The van der Waals surface area contributed by atoms with E-state index in [-0.39, 0.29) is 0 Å². The van der Waals surface area contributed by atoms with E-state index in [2.05, 4.69) is 9.72 Å². The summed E-state index contributed by atoms with van der Waals surface area (Å²) in [6.07, 6.45) is 1.60. The van der Waals surface area contributed by atoms with Crippen LogP contribution in [0.15, 0.2) is 18.3 Å². The van der Waals surface area contributed by atoms with E-state index < -0.39 is 12.0 Å². The van der Waals surface area contributed by atoms with Crippen LogP contribution in [0.2, 0.25) is 0 Å². The van der Waals surface area contributed by atoms with E-state index in [4.69, 9.17) is 5.73 Å². The highest BCUT2D eigenvalue weighted by atomic mass is 16.5. The van der Waals surface area contributed by atoms with Gasteiger partial charge in [-0.15, -0.1) is 0 Å². The van der Waals surface area contributed by atoms with E-state index in [0.717, 1.165) is 5.56 Å². The maximum atomic E-state index is 11.1. The lowest BCUT2D eigenvalue weighted by atomic mass is 10.1. The van der Waals surface area contributed by atoms with E-state index in [0.29, 0.717) is 5.69 Å². The highest BCUT2D eigenvalue weighted by Crippen LogP contribution is 2.12. The summed E-state index contributed by atoms with van der Waals surface area (Å²) in [5.41, 5.74) is 7.07. The Hall–Kier alpha value is -1.42. The van der Waals surface area contributed by atoms with Gasteiger partial charge in [0.15, 0.2) is 0 Å². The first-order chi connectivity index (χ1) is 6.16. The number of methoxy groups -OCH3 is 1. The van der Waals surface area contributed by atoms with Gasteiger partial charge in [0, 0.05) is 6.20 Å². The SMILES string of the molecule is COC(=O)C(N)c1ncccc1C. The highest BCUT2D eigenvalue weighted by Gasteiger charge is 2.18. The van der Waals surface area contributed by atoms with Crippen LogP contribution in [0.4, 0.5) is 0 Å². The number of esters is 1. The molecular formula is C9H12N2O2. The second-order valence-electron chi connectivity index (χ2n) is 2.71. The van der Waals surface area contributed by atoms with E-state index >= 15 is 0 Å². The Balaban J connectivity index is 2.95. The van der Waals surface area contributed by atoms with Gasteiger partial charge in [-0.1, -0.05) is 6.07 Å². The lowest BCUT2D eigenvalue weighted by Crippen LogP contribution is -2.24. The van der Waals surface area contributed by atoms with E-state index in [9.17, 15) is 4.79 Å². The molecule has 1 heterocycles. The average Bonchev–Trinajstić information content (AvgIpc) is 2.16. The molecule has 0 aliphatic heterocycles. The van der Waals surface area contributed by atoms with E-state index in [1.165, 1.54) is 7.11 Å². The Morgan fingerprint density at radius 2 is 2.38 bits per heavy atom. The standard InChI is InChI=1S/C9H12N2O2/c1-6-4-3-5-11-8(6)7(10)9(12)13-2/h3-5,7H,10H2,1-2H3. The number of aromatic nitrogens is 1. The van der Waals surface area contributed by atoms with Crippen LogP contribution in [0, 0.1) is 6.92 Å². The van der Waals surface area contributed by atoms with Crippen LogP contribution >= 0.6 is 0 Å². The van der Waals surface area contributed by atoms with Crippen molar-refractivity contribution in [1.82, 2.24) is 4.98 Å². The summed E-state index contributed by atoms with van der Waals surface area (Å²) in [5.74, 6) is -0.471. The molecule has 0 spiro atoms. The number of ether oxygens (including phenoxy) is 1. The molecular weight excluding hydrogens is 168 g/mol. The van der Waals surface area contributed by atoms with Crippen molar-refractivity contribution in [2.24, 2.45) is 5.73 Å². The maximum Gasteiger partial charge on any atom is 0.328 e. The normalized spacial score (nSPS) is 12.2. The van der Waals surface area contributed by atoms with Crippen molar-refractivity contribution in [3.63, 3.8) is 0 Å². The first-order valence-corrected chi connectivity index (χ1v) is 3.91. The molecule has 0 amide bonds. The summed E-state index contributed by atoms with van der Waals surface area (Å²) in [5, 5.41) is 0. The molecule has 13 heavy (non-hydrogen) atoms. The van der Waals surface area contributed by atoms with Gasteiger partial charge in [0.1, 0.15) is 6.04 Å². The zero-order chi connectivity index (χ0) is 9.84. The van der Waals surface area contributed by atoms with Crippen LogP contribution in [0.25, 0.3) is 0 Å². The first-order valence-electron chi connectivity index (χ1n) is 3.91. The molecule has 1 aromatic rings. The lowest BCUT2D eigenvalue weighted by molar-refractivity contribution is -0.142. The minimum Gasteiger partial charge on any atom is -0.468 e. The van der Waals surface area contributed by atoms with Gasteiger partial charge in [-0.25, -0.2) is 4.79 Å². The summed E-state index contributed by atoms with van der Waals surface area (Å²) in [4.78, 5) is 15.1. The Labute approximate surface area is 76.7 Å². The van der Waals surface area contributed by atoms with Gasteiger partial charge >= 0.3 is 5.97 Å². The Morgan fingerprint density at radius 3 is 2.92 bits per heavy atom. The van der Waals surface area contributed by atoms with E-state index in [1.54, 1.807) is 12.3 Å². The predicted molar refractivity (Wildman–Crippen MR) is 47.9 cm³/mol. The molecule has 0 saturated heterocycles. The fourth-order valence-corrected chi connectivity index (χ4v) is 1.06. The van der Waals surface area contributed by atoms with Crippen LogP contribution in [-0.2, 0) is 9.53 Å². The summed E-state index contributed by atoms with van der Waals surface area (Å²) < 4.78 is 4.52. The number of pyridine rings is 1. The number of rotatable bonds is 2. The average molecular weight is 180 g/mol.